The van der Waals surface area contributed by atoms with Gasteiger partial charge in [0.05, 0.1) is 16.9 Å². The number of halogens is 4. The van der Waals surface area contributed by atoms with Crippen molar-refractivity contribution in [2.75, 3.05) is 22.6 Å². The van der Waals surface area contributed by atoms with Gasteiger partial charge in [-0.1, -0.05) is 36.4 Å². The van der Waals surface area contributed by atoms with Gasteiger partial charge >= 0.3 is 6.18 Å². The minimum Gasteiger partial charge on any atom is -0.339 e. The number of aromatic nitrogens is 2. The fraction of sp³-hybridized carbons (Fsp3) is 0.226. The molecule has 0 bridgehead atoms. The smallest absolute Gasteiger partial charge is 0.339 e. The molecule has 5 rings (SSSR count). The first-order valence-electron chi connectivity index (χ1n) is 13.4. The van der Waals surface area contributed by atoms with Gasteiger partial charge < -0.3 is 10.6 Å². The molecule has 0 fully saturated rings. The van der Waals surface area contributed by atoms with Gasteiger partial charge in [0, 0.05) is 29.3 Å². The molecule has 2 atom stereocenters. The molecule has 0 aliphatic carbocycles. The summed E-state index contributed by atoms with van der Waals surface area (Å²) in [6.07, 6.45) is -4.65. The standard InChI is InChI=1S/C31H27ClF3N5O3/c1-3-39-29-25(18(2)38-40(29)23-13-5-4-6-14-23)26(19-9-8-12-22(16-19)36-24(41)17-32)27(30(39)43)37-28(42)20-10-7-11-21(15-20)31(33,34)35/h4-16,26-27H,3,17H2,1-2H3,(H,36,41)(H,37,42)/t26-,27+/m0/s1. The summed E-state index contributed by atoms with van der Waals surface area (Å²) in [5, 5.41) is 10.2. The maximum absolute atomic E-state index is 14.2. The molecule has 2 heterocycles. The summed E-state index contributed by atoms with van der Waals surface area (Å²) in [6.45, 7) is 3.81. The Bertz CT molecular complexity index is 1690. The van der Waals surface area contributed by atoms with E-state index < -0.39 is 41.4 Å². The second-order valence-electron chi connectivity index (χ2n) is 9.97. The van der Waals surface area contributed by atoms with Crippen molar-refractivity contribution in [2.45, 2.75) is 32.0 Å². The molecule has 3 aromatic carbocycles. The van der Waals surface area contributed by atoms with E-state index in [1.807, 2.05) is 30.3 Å². The van der Waals surface area contributed by atoms with Crippen LogP contribution in [0.15, 0.2) is 78.9 Å². The van der Waals surface area contributed by atoms with Crippen LogP contribution in [0.3, 0.4) is 0 Å². The van der Waals surface area contributed by atoms with Gasteiger partial charge in [-0.15, -0.1) is 11.6 Å². The number of para-hydroxylation sites is 1. The quantitative estimate of drug-likeness (QED) is 0.264. The molecule has 43 heavy (non-hydrogen) atoms. The lowest BCUT2D eigenvalue weighted by Gasteiger charge is -2.38. The zero-order valence-electron chi connectivity index (χ0n) is 23.2. The Labute approximate surface area is 250 Å². The summed E-state index contributed by atoms with van der Waals surface area (Å²) in [5.74, 6) is -2.29. The summed E-state index contributed by atoms with van der Waals surface area (Å²) < 4.78 is 41.9. The van der Waals surface area contributed by atoms with E-state index in [1.165, 1.54) is 11.0 Å². The Morgan fingerprint density at radius 1 is 1.00 bits per heavy atom. The van der Waals surface area contributed by atoms with Crippen LogP contribution in [-0.4, -0.2) is 46.0 Å². The topological polar surface area (TPSA) is 96.3 Å². The number of nitrogens with zero attached hydrogens (tertiary/aromatic N) is 3. The number of anilines is 2. The Morgan fingerprint density at radius 2 is 1.72 bits per heavy atom. The molecule has 0 spiro atoms. The number of rotatable bonds is 7. The average Bonchev–Trinajstić information content (AvgIpc) is 3.34. The molecule has 8 nitrogen and oxygen atoms in total. The van der Waals surface area contributed by atoms with Crippen molar-refractivity contribution in [3.8, 4) is 5.69 Å². The maximum atomic E-state index is 14.2. The van der Waals surface area contributed by atoms with Crippen LogP contribution in [0.2, 0.25) is 0 Å². The monoisotopic (exact) mass is 609 g/mol. The predicted molar refractivity (Wildman–Crippen MR) is 157 cm³/mol. The van der Waals surface area contributed by atoms with E-state index in [0.717, 1.165) is 18.2 Å². The third kappa shape index (κ3) is 5.85. The Kier molecular flexibility index (Phi) is 8.27. The van der Waals surface area contributed by atoms with Crippen molar-refractivity contribution in [3.63, 3.8) is 0 Å². The van der Waals surface area contributed by atoms with Crippen molar-refractivity contribution >= 4 is 40.8 Å². The number of amides is 3. The van der Waals surface area contributed by atoms with Crippen LogP contribution in [-0.2, 0) is 15.8 Å². The number of carbonyl (C=O) groups is 3. The Morgan fingerprint density at radius 3 is 2.40 bits per heavy atom. The van der Waals surface area contributed by atoms with E-state index in [-0.39, 0.29) is 18.0 Å². The molecule has 1 aliphatic heterocycles. The number of nitrogens with one attached hydrogen (secondary N) is 2. The van der Waals surface area contributed by atoms with Crippen molar-refractivity contribution in [1.29, 1.82) is 0 Å². The number of aryl methyl sites for hydroxylation is 1. The fourth-order valence-corrected chi connectivity index (χ4v) is 5.42. The average molecular weight is 610 g/mol. The number of alkyl halides is 4. The molecule has 3 amide bonds. The normalized spacial score (nSPS) is 16.5. The van der Waals surface area contributed by atoms with Gasteiger partial charge in [0.2, 0.25) is 5.91 Å². The molecule has 2 N–H and O–H groups in total. The van der Waals surface area contributed by atoms with E-state index in [9.17, 15) is 27.6 Å². The molecule has 0 saturated carbocycles. The summed E-state index contributed by atoms with van der Waals surface area (Å²) in [6, 6.07) is 18.9. The number of hydrogen-bond donors (Lipinski definition) is 2. The summed E-state index contributed by atoms with van der Waals surface area (Å²) in [4.78, 5) is 41.2. The van der Waals surface area contributed by atoms with Gasteiger partial charge in [-0.05, 0) is 61.9 Å². The van der Waals surface area contributed by atoms with Crippen LogP contribution in [0, 0.1) is 6.92 Å². The van der Waals surface area contributed by atoms with Gasteiger partial charge in [0.1, 0.15) is 17.7 Å². The lowest BCUT2D eigenvalue weighted by atomic mass is 9.81. The molecule has 0 unspecified atom stereocenters. The molecule has 222 valence electrons. The lowest BCUT2D eigenvalue weighted by molar-refractivity contribution is -0.137. The number of fused-ring (bicyclic) bond motifs is 1. The van der Waals surface area contributed by atoms with Crippen LogP contribution in [0.25, 0.3) is 5.69 Å². The minimum atomic E-state index is -4.65. The predicted octanol–water partition coefficient (Wildman–Crippen LogP) is 5.67. The van der Waals surface area contributed by atoms with Crippen LogP contribution in [0.1, 0.15) is 45.6 Å². The summed E-state index contributed by atoms with van der Waals surface area (Å²) in [5.41, 5.74) is 1.73. The van der Waals surface area contributed by atoms with Gasteiger partial charge in [-0.2, -0.15) is 18.3 Å². The van der Waals surface area contributed by atoms with Gasteiger partial charge in [-0.3, -0.25) is 19.3 Å². The zero-order valence-corrected chi connectivity index (χ0v) is 23.9. The number of carbonyl (C=O) groups excluding carboxylic acids is 3. The zero-order chi connectivity index (χ0) is 30.9. The first kappa shape index (κ1) is 29.8. The highest BCUT2D eigenvalue weighted by Crippen LogP contribution is 2.44. The SMILES string of the molecule is CCN1C(=O)[C@H](NC(=O)c2cccc(C(F)(F)F)c2)[C@@H](c2cccc(NC(=O)CCl)c2)c2c(C)nn(-c3ccccc3)c21. The highest BCUT2D eigenvalue weighted by Gasteiger charge is 2.45. The molecule has 12 heteroatoms. The minimum absolute atomic E-state index is 0.234. The Hall–Kier alpha value is -4.64. The third-order valence-corrected chi connectivity index (χ3v) is 7.46. The molecule has 1 aliphatic rings. The largest absolute Gasteiger partial charge is 0.416 e. The molecule has 0 saturated heterocycles. The molecule has 1 aromatic heterocycles. The number of benzene rings is 3. The van der Waals surface area contributed by atoms with E-state index >= 15 is 0 Å². The highest BCUT2D eigenvalue weighted by atomic mass is 35.5. The summed E-state index contributed by atoms with van der Waals surface area (Å²) >= 11 is 5.68. The third-order valence-electron chi connectivity index (χ3n) is 7.22. The van der Waals surface area contributed by atoms with Gasteiger partial charge in [0.15, 0.2) is 0 Å². The first-order chi connectivity index (χ1) is 20.5. The van der Waals surface area contributed by atoms with Crippen molar-refractivity contribution in [2.24, 2.45) is 0 Å². The van der Waals surface area contributed by atoms with E-state index in [1.54, 1.807) is 42.8 Å². The van der Waals surface area contributed by atoms with Crippen molar-refractivity contribution < 1.29 is 27.6 Å². The molecular weight excluding hydrogens is 583 g/mol. The van der Waals surface area contributed by atoms with E-state index in [4.69, 9.17) is 16.7 Å². The molecular formula is C31H27ClF3N5O3. The first-order valence-corrected chi connectivity index (χ1v) is 14.0. The van der Waals surface area contributed by atoms with Gasteiger partial charge in [0.25, 0.3) is 11.8 Å². The summed E-state index contributed by atoms with van der Waals surface area (Å²) in [7, 11) is 0. The Balaban J connectivity index is 1.66. The van der Waals surface area contributed by atoms with Gasteiger partial charge in [-0.25, -0.2) is 4.68 Å². The number of likely N-dealkylation sites (N-methyl/N-ethyl adjacent to an activating group) is 1. The molecule has 4 aromatic rings. The van der Waals surface area contributed by atoms with Crippen LogP contribution < -0.4 is 15.5 Å². The van der Waals surface area contributed by atoms with Crippen molar-refractivity contribution in [3.05, 3.63) is 107 Å². The number of hydrogen-bond acceptors (Lipinski definition) is 4. The second kappa shape index (κ2) is 11.9. The fourth-order valence-electron chi connectivity index (χ4n) is 5.36. The lowest BCUT2D eigenvalue weighted by Crippen LogP contribution is -2.55. The second-order valence-corrected chi connectivity index (χ2v) is 10.2. The highest BCUT2D eigenvalue weighted by molar-refractivity contribution is 6.29. The van der Waals surface area contributed by atoms with E-state index in [0.29, 0.717) is 34.0 Å². The van der Waals surface area contributed by atoms with Crippen LogP contribution >= 0.6 is 11.6 Å². The maximum Gasteiger partial charge on any atom is 0.416 e. The van der Waals surface area contributed by atoms with Crippen LogP contribution in [0.5, 0.6) is 0 Å². The van der Waals surface area contributed by atoms with Crippen molar-refractivity contribution in [1.82, 2.24) is 15.1 Å². The van der Waals surface area contributed by atoms with E-state index in [2.05, 4.69) is 10.6 Å². The van der Waals surface area contributed by atoms with Crippen LogP contribution in [0.4, 0.5) is 24.7 Å². The molecule has 0 radical (unpaired) electrons.